The van der Waals surface area contributed by atoms with Crippen LogP contribution < -0.4 is 20.9 Å². The number of hydrogen-bond donors (Lipinski definition) is 2. The molecular weight excluding hydrogens is 470 g/mol. The molecule has 0 bridgehead atoms. The zero-order valence-electron chi connectivity index (χ0n) is 19.7. The van der Waals surface area contributed by atoms with Crippen LogP contribution in [0.1, 0.15) is 12.0 Å². The molecule has 0 radical (unpaired) electrons. The summed E-state index contributed by atoms with van der Waals surface area (Å²) in [5, 5.41) is 2.47. The van der Waals surface area contributed by atoms with Crippen LogP contribution in [0.15, 0.2) is 42.9 Å². The number of nitrogen functional groups attached to an aromatic ring is 1. The molecule has 0 aliphatic carbocycles. The monoisotopic (exact) mass is 497 g/mol. The van der Waals surface area contributed by atoms with E-state index in [9.17, 15) is 8.42 Å². The number of nitrogens with two attached hydrogens (primary N) is 2. The van der Waals surface area contributed by atoms with Gasteiger partial charge in [-0.1, -0.05) is 0 Å². The van der Waals surface area contributed by atoms with E-state index < -0.39 is 16.2 Å². The van der Waals surface area contributed by atoms with Crippen molar-refractivity contribution < 1.29 is 22.1 Å². The van der Waals surface area contributed by atoms with Crippen molar-refractivity contribution in [2.75, 3.05) is 32.8 Å². The van der Waals surface area contributed by atoms with Crippen molar-refractivity contribution in [3.05, 3.63) is 48.4 Å². The Morgan fingerprint density at radius 1 is 0.971 bits per heavy atom. The lowest BCUT2D eigenvalue weighted by Gasteiger charge is -2.13. The summed E-state index contributed by atoms with van der Waals surface area (Å²) < 4.78 is 38.0. The molecular formula is C24H27N5O5S. The predicted octanol–water partition coefficient (Wildman–Crippen LogP) is 2.68. The molecule has 0 aliphatic rings. The molecule has 1 unspecified atom stereocenters. The highest BCUT2D eigenvalue weighted by molar-refractivity contribution is 7.85. The van der Waals surface area contributed by atoms with Gasteiger partial charge in [-0.3, -0.25) is 14.2 Å². The quantitative estimate of drug-likeness (QED) is 0.261. The van der Waals surface area contributed by atoms with Crippen LogP contribution >= 0.6 is 0 Å². The van der Waals surface area contributed by atoms with Gasteiger partial charge in [-0.15, -0.1) is 0 Å². The predicted molar refractivity (Wildman–Crippen MR) is 135 cm³/mol. The standard InChI is InChI=1S/C24H27N5O5S/c1-32-22-8-18-17-7-20(29-24(26)19(17)12-28-21(18)9-23(22)33-2)15-6-14(10-27-11-15)4-5-16(25)13-34-35(3,30)31/h6-12,16H,4-5,13,25H2,1-3H3,(H2,26,29). The van der Waals surface area contributed by atoms with Crippen LogP contribution in [0.2, 0.25) is 0 Å². The molecule has 0 aliphatic heterocycles. The fraction of sp³-hybridized carbons (Fsp3) is 0.292. The number of fused-ring (bicyclic) bond motifs is 3. The number of aromatic nitrogens is 3. The summed E-state index contributed by atoms with van der Waals surface area (Å²) in [5.74, 6) is 1.53. The summed E-state index contributed by atoms with van der Waals surface area (Å²) >= 11 is 0. The Bertz CT molecular complexity index is 1490. The summed E-state index contributed by atoms with van der Waals surface area (Å²) in [6.07, 6.45) is 7.30. The van der Waals surface area contributed by atoms with E-state index in [0.29, 0.717) is 35.9 Å². The van der Waals surface area contributed by atoms with Gasteiger partial charge in [0.2, 0.25) is 0 Å². The molecule has 0 saturated carbocycles. The van der Waals surface area contributed by atoms with Gasteiger partial charge in [0.05, 0.1) is 38.3 Å². The minimum atomic E-state index is -3.52. The second-order valence-corrected chi connectivity index (χ2v) is 9.85. The molecule has 4 aromatic rings. The molecule has 1 aromatic carbocycles. The van der Waals surface area contributed by atoms with Crippen molar-refractivity contribution in [2.45, 2.75) is 18.9 Å². The summed E-state index contributed by atoms with van der Waals surface area (Å²) in [7, 11) is -0.360. The Balaban J connectivity index is 1.67. The van der Waals surface area contributed by atoms with E-state index in [4.69, 9.17) is 25.1 Å². The summed E-state index contributed by atoms with van der Waals surface area (Å²) in [6, 6.07) is 7.20. The molecule has 3 aromatic heterocycles. The third kappa shape index (κ3) is 5.59. The molecule has 4 N–H and O–H groups in total. The van der Waals surface area contributed by atoms with Crippen LogP contribution in [0.4, 0.5) is 5.82 Å². The summed E-state index contributed by atoms with van der Waals surface area (Å²) in [5.41, 5.74) is 15.4. The Kier molecular flexibility index (Phi) is 7.01. The first kappa shape index (κ1) is 24.6. The van der Waals surface area contributed by atoms with E-state index in [2.05, 4.69) is 15.0 Å². The Morgan fingerprint density at radius 2 is 1.71 bits per heavy atom. The largest absolute Gasteiger partial charge is 0.493 e. The topological polar surface area (TPSA) is 153 Å². The van der Waals surface area contributed by atoms with Gasteiger partial charge in [0.1, 0.15) is 5.82 Å². The van der Waals surface area contributed by atoms with Gasteiger partial charge in [-0.25, -0.2) is 4.98 Å². The van der Waals surface area contributed by atoms with Crippen LogP contribution in [0, 0.1) is 0 Å². The highest BCUT2D eigenvalue weighted by atomic mass is 32.2. The van der Waals surface area contributed by atoms with Crippen molar-refractivity contribution in [1.29, 1.82) is 0 Å². The lowest BCUT2D eigenvalue weighted by molar-refractivity contribution is 0.288. The molecule has 35 heavy (non-hydrogen) atoms. The fourth-order valence-corrected chi connectivity index (χ4v) is 4.24. The van der Waals surface area contributed by atoms with Gasteiger partial charge >= 0.3 is 0 Å². The number of benzene rings is 1. The number of methoxy groups -OCH3 is 2. The van der Waals surface area contributed by atoms with Crippen LogP contribution in [0.3, 0.4) is 0 Å². The molecule has 0 fully saturated rings. The maximum atomic E-state index is 11.2. The Hall–Kier alpha value is -3.54. The molecule has 0 spiro atoms. The third-order valence-electron chi connectivity index (χ3n) is 5.60. The molecule has 184 valence electrons. The molecule has 10 nitrogen and oxygen atoms in total. The number of rotatable bonds is 9. The van der Waals surface area contributed by atoms with E-state index in [1.54, 1.807) is 32.8 Å². The van der Waals surface area contributed by atoms with E-state index >= 15 is 0 Å². The smallest absolute Gasteiger partial charge is 0.264 e. The van der Waals surface area contributed by atoms with Gasteiger partial charge in [0, 0.05) is 47.0 Å². The molecule has 11 heteroatoms. The van der Waals surface area contributed by atoms with Gasteiger partial charge in [-0.2, -0.15) is 8.42 Å². The third-order valence-corrected chi connectivity index (χ3v) is 6.17. The zero-order valence-corrected chi connectivity index (χ0v) is 20.5. The first-order valence-electron chi connectivity index (χ1n) is 10.8. The van der Waals surface area contributed by atoms with Crippen molar-refractivity contribution in [1.82, 2.24) is 15.0 Å². The average Bonchev–Trinajstić information content (AvgIpc) is 2.84. The highest BCUT2D eigenvalue weighted by Gasteiger charge is 2.14. The van der Waals surface area contributed by atoms with E-state index in [1.165, 1.54) is 0 Å². The Labute approximate surface area is 203 Å². The zero-order chi connectivity index (χ0) is 25.2. The van der Waals surface area contributed by atoms with Crippen LogP contribution in [-0.4, -0.2) is 56.5 Å². The Morgan fingerprint density at radius 3 is 2.43 bits per heavy atom. The number of nitrogens with zero attached hydrogens (tertiary/aromatic N) is 3. The summed E-state index contributed by atoms with van der Waals surface area (Å²) in [4.78, 5) is 13.4. The van der Waals surface area contributed by atoms with Crippen molar-refractivity contribution in [3.8, 4) is 22.8 Å². The first-order chi connectivity index (χ1) is 16.7. The van der Waals surface area contributed by atoms with E-state index in [-0.39, 0.29) is 6.61 Å². The minimum absolute atomic E-state index is 0.0654. The van der Waals surface area contributed by atoms with Crippen LogP contribution in [0.5, 0.6) is 11.5 Å². The highest BCUT2D eigenvalue weighted by Crippen LogP contribution is 2.36. The normalized spacial score (nSPS) is 12.7. The molecule has 4 rings (SSSR count). The van der Waals surface area contributed by atoms with Crippen LogP contribution in [-0.2, 0) is 20.7 Å². The summed E-state index contributed by atoms with van der Waals surface area (Å²) in [6.45, 7) is -0.0654. The molecule has 0 saturated heterocycles. The SMILES string of the molecule is COc1cc2ncc3c(N)nc(-c4cncc(CCC(N)COS(C)(=O)=O)c4)cc3c2cc1OC. The van der Waals surface area contributed by atoms with Gasteiger partial charge in [-0.05, 0) is 42.0 Å². The van der Waals surface area contributed by atoms with E-state index in [1.807, 2.05) is 24.3 Å². The first-order valence-corrected chi connectivity index (χ1v) is 12.7. The van der Waals surface area contributed by atoms with Crippen molar-refractivity contribution >= 4 is 37.6 Å². The van der Waals surface area contributed by atoms with Gasteiger partial charge < -0.3 is 20.9 Å². The van der Waals surface area contributed by atoms with E-state index in [0.717, 1.165) is 39.1 Å². The number of ether oxygens (including phenoxy) is 2. The van der Waals surface area contributed by atoms with Crippen molar-refractivity contribution in [2.24, 2.45) is 5.73 Å². The maximum Gasteiger partial charge on any atom is 0.264 e. The minimum Gasteiger partial charge on any atom is -0.493 e. The lowest BCUT2D eigenvalue weighted by atomic mass is 10.0. The van der Waals surface area contributed by atoms with Gasteiger partial charge in [0.25, 0.3) is 10.1 Å². The molecule has 0 amide bonds. The van der Waals surface area contributed by atoms with Crippen molar-refractivity contribution in [3.63, 3.8) is 0 Å². The number of anilines is 1. The van der Waals surface area contributed by atoms with Gasteiger partial charge in [0.15, 0.2) is 11.5 Å². The number of hydrogen-bond acceptors (Lipinski definition) is 10. The van der Waals surface area contributed by atoms with Crippen LogP contribution in [0.25, 0.3) is 32.9 Å². The fourth-order valence-electron chi connectivity index (χ4n) is 3.82. The molecule has 1 atom stereocenters. The number of aryl methyl sites for hydroxylation is 1. The number of pyridine rings is 3. The molecule has 3 heterocycles. The second kappa shape index (κ2) is 9.98. The average molecular weight is 498 g/mol. The maximum absolute atomic E-state index is 11.2. The lowest BCUT2D eigenvalue weighted by Crippen LogP contribution is -2.28. The second-order valence-electron chi connectivity index (χ2n) is 8.21.